The maximum atomic E-state index is 11.3. The lowest BCUT2D eigenvalue weighted by atomic mass is 10.2. The zero-order chi connectivity index (χ0) is 12.7. The Balaban J connectivity index is 2.37. The van der Waals surface area contributed by atoms with Crippen molar-refractivity contribution in [2.45, 2.75) is 26.0 Å². The van der Waals surface area contributed by atoms with Crippen LogP contribution in [0.15, 0.2) is 30.3 Å². The molecule has 92 valence electrons. The molecule has 5 nitrogen and oxygen atoms in total. The summed E-state index contributed by atoms with van der Waals surface area (Å²) >= 11 is 0. The number of rotatable bonds is 5. The molecule has 0 aliphatic carbocycles. The van der Waals surface area contributed by atoms with Gasteiger partial charge in [-0.2, -0.15) is 0 Å². The van der Waals surface area contributed by atoms with Crippen molar-refractivity contribution < 1.29 is 14.3 Å². The van der Waals surface area contributed by atoms with Crippen molar-refractivity contribution >= 4 is 12.0 Å². The van der Waals surface area contributed by atoms with Crippen LogP contribution < -0.4 is 11.1 Å². The molecule has 0 saturated heterocycles. The number of primary amides is 1. The van der Waals surface area contributed by atoms with Gasteiger partial charge in [-0.15, -0.1) is 0 Å². The number of benzene rings is 1. The summed E-state index contributed by atoms with van der Waals surface area (Å²) in [5.74, 6) is -0.566. The molecule has 0 unspecified atom stereocenters. The number of nitrogens with one attached hydrogen (secondary N) is 1. The first-order valence-electron chi connectivity index (χ1n) is 5.40. The van der Waals surface area contributed by atoms with Crippen LogP contribution in [0.5, 0.6) is 0 Å². The summed E-state index contributed by atoms with van der Waals surface area (Å²) < 4.78 is 4.95. The van der Waals surface area contributed by atoms with E-state index in [-0.39, 0.29) is 6.61 Å². The Morgan fingerprint density at radius 2 is 2.00 bits per heavy atom. The van der Waals surface area contributed by atoms with Gasteiger partial charge in [0.05, 0.1) is 0 Å². The molecule has 1 atom stereocenters. The molecule has 0 heterocycles. The van der Waals surface area contributed by atoms with E-state index in [4.69, 9.17) is 10.5 Å². The maximum absolute atomic E-state index is 11.3. The smallest absolute Gasteiger partial charge is 0.408 e. The molecule has 0 saturated carbocycles. The SMILES string of the molecule is CC[C@@H](NC(=O)OCc1ccccc1)C(N)=O. The second-order valence-electron chi connectivity index (χ2n) is 3.57. The van der Waals surface area contributed by atoms with E-state index in [1.807, 2.05) is 30.3 Å². The van der Waals surface area contributed by atoms with Gasteiger partial charge in [-0.1, -0.05) is 37.3 Å². The van der Waals surface area contributed by atoms with Crippen LogP contribution in [0.4, 0.5) is 4.79 Å². The molecule has 0 aliphatic heterocycles. The van der Waals surface area contributed by atoms with Crippen molar-refractivity contribution in [2.24, 2.45) is 5.73 Å². The zero-order valence-corrected chi connectivity index (χ0v) is 9.68. The summed E-state index contributed by atoms with van der Waals surface area (Å²) in [5.41, 5.74) is 5.98. The Morgan fingerprint density at radius 1 is 1.35 bits per heavy atom. The van der Waals surface area contributed by atoms with Gasteiger partial charge in [0.15, 0.2) is 0 Å². The van der Waals surface area contributed by atoms with Crippen LogP contribution in [0.25, 0.3) is 0 Å². The third-order valence-corrected chi connectivity index (χ3v) is 2.26. The van der Waals surface area contributed by atoms with E-state index >= 15 is 0 Å². The van der Waals surface area contributed by atoms with Crippen molar-refractivity contribution in [3.8, 4) is 0 Å². The number of carbonyl (C=O) groups is 2. The van der Waals surface area contributed by atoms with E-state index in [0.717, 1.165) is 5.56 Å². The minimum absolute atomic E-state index is 0.169. The van der Waals surface area contributed by atoms with Crippen LogP contribution in [0.3, 0.4) is 0 Å². The lowest BCUT2D eigenvalue weighted by molar-refractivity contribution is -0.120. The third-order valence-electron chi connectivity index (χ3n) is 2.26. The highest BCUT2D eigenvalue weighted by molar-refractivity contribution is 5.84. The highest BCUT2D eigenvalue weighted by Crippen LogP contribution is 2.01. The fourth-order valence-electron chi connectivity index (χ4n) is 1.28. The molecule has 3 N–H and O–H groups in total. The van der Waals surface area contributed by atoms with Crippen molar-refractivity contribution in [1.29, 1.82) is 0 Å². The Bertz CT molecular complexity index is 379. The van der Waals surface area contributed by atoms with E-state index in [0.29, 0.717) is 6.42 Å². The van der Waals surface area contributed by atoms with E-state index < -0.39 is 18.0 Å². The summed E-state index contributed by atoms with van der Waals surface area (Å²) in [6.07, 6.45) is -0.199. The number of carbonyl (C=O) groups excluding carboxylic acids is 2. The topological polar surface area (TPSA) is 81.4 Å². The van der Waals surface area contributed by atoms with Gasteiger partial charge in [-0.3, -0.25) is 4.79 Å². The average Bonchev–Trinajstić information content (AvgIpc) is 2.34. The summed E-state index contributed by atoms with van der Waals surface area (Å²) in [6, 6.07) is 8.60. The van der Waals surface area contributed by atoms with Gasteiger partial charge in [0.25, 0.3) is 0 Å². The van der Waals surface area contributed by atoms with E-state index in [2.05, 4.69) is 5.32 Å². The van der Waals surface area contributed by atoms with Gasteiger partial charge in [0.2, 0.25) is 5.91 Å². The maximum Gasteiger partial charge on any atom is 0.408 e. The largest absolute Gasteiger partial charge is 0.445 e. The molecule has 0 aromatic heterocycles. The molecule has 1 aromatic rings. The second-order valence-corrected chi connectivity index (χ2v) is 3.57. The van der Waals surface area contributed by atoms with E-state index in [9.17, 15) is 9.59 Å². The van der Waals surface area contributed by atoms with Crippen LogP contribution in [-0.4, -0.2) is 18.0 Å². The average molecular weight is 236 g/mol. The van der Waals surface area contributed by atoms with Gasteiger partial charge in [-0.05, 0) is 12.0 Å². The molecule has 0 aliphatic rings. The van der Waals surface area contributed by atoms with Crippen molar-refractivity contribution in [2.75, 3.05) is 0 Å². The van der Waals surface area contributed by atoms with Crippen LogP contribution in [0, 0.1) is 0 Å². The first-order valence-corrected chi connectivity index (χ1v) is 5.40. The van der Waals surface area contributed by atoms with Crippen LogP contribution in [-0.2, 0) is 16.1 Å². The van der Waals surface area contributed by atoms with Crippen molar-refractivity contribution in [3.63, 3.8) is 0 Å². The molecule has 17 heavy (non-hydrogen) atoms. The quantitative estimate of drug-likeness (QED) is 0.805. The van der Waals surface area contributed by atoms with Gasteiger partial charge < -0.3 is 15.8 Å². The third kappa shape index (κ3) is 4.55. The first-order chi connectivity index (χ1) is 8.13. The molecule has 5 heteroatoms. The Kier molecular flexibility index (Phi) is 5.00. The number of ether oxygens (including phenoxy) is 1. The highest BCUT2D eigenvalue weighted by atomic mass is 16.5. The zero-order valence-electron chi connectivity index (χ0n) is 9.68. The Hall–Kier alpha value is -2.04. The first kappa shape index (κ1) is 13.0. The number of hydrogen-bond acceptors (Lipinski definition) is 3. The second kappa shape index (κ2) is 6.52. The van der Waals surface area contributed by atoms with Gasteiger partial charge in [-0.25, -0.2) is 4.79 Å². The lowest BCUT2D eigenvalue weighted by Crippen LogP contribution is -2.44. The van der Waals surface area contributed by atoms with Gasteiger partial charge in [0.1, 0.15) is 12.6 Å². The normalized spacial score (nSPS) is 11.6. The Morgan fingerprint density at radius 3 is 2.53 bits per heavy atom. The number of alkyl carbamates (subject to hydrolysis) is 1. The minimum atomic E-state index is -0.682. The summed E-state index contributed by atoms with van der Waals surface area (Å²) in [6.45, 7) is 1.93. The lowest BCUT2D eigenvalue weighted by Gasteiger charge is -2.13. The summed E-state index contributed by atoms with van der Waals surface area (Å²) in [7, 11) is 0. The van der Waals surface area contributed by atoms with Crippen LogP contribution in [0.2, 0.25) is 0 Å². The van der Waals surface area contributed by atoms with Gasteiger partial charge in [0, 0.05) is 0 Å². The number of nitrogens with two attached hydrogens (primary N) is 1. The number of hydrogen-bond donors (Lipinski definition) is 2. The van der Waals surface area contributed by atoms with Crippen molar-refractivity contribution in [1.82, 2.24) is 5.32 Å². The van der Waals surface area contributed by atoms with Crippen molar-refractivity contribution in [3.05, 3.63) is 35.9 Å². The van der Waals surface area contributed by atoms with E-state index in [1.165, 1.54) is 0 Å². The molecule has 2 amide bonds. The molecule has 0 spiro atoms. The van der Waals surface area contributed by atoms with Crippen LogP contribution in [0.1, 0.15) is 18.9 Å². The fraction of sp³-hybridized carbons (Fsp3) is 0.333. The molecule has 1 aromatic carbocycles. The van der Waals surface area contributed by atoms with E-state index in [1.54, 1.807) is 6.92 Å². The molecular weight excluding hydrogens is 220 g/mol. The molecule has 0 radical (unpaired) electrons. The summed E-state index contributed by atoms with van der Waals surface area (Å²) in [4.78, 5) is 22.2. The molecule has 0 bridgehead atoms. The highest BCUT2D eigenvalue weighted by Gasteiger charge is 2.16. The monoisotopic (exact) mass is 236 g/mol. The predicted octanol–water partition coefficient (Wildman–Crippen LogP) is 1.18. The fourth-order valence-corrected chi connectivity index (χ4v) is 1.28. The standard InChI is InChI=1S/C12H16N2O3/c1-2-10(11(13)15)14-12(16)17-8-9-6-4-3-5-7-9/h3-7,10H,2,8H2,1H3,(H2,13,15)(H,14,16)/t10-/m1/s1. The molecule has 1 rings (SSSR count). The number of amides is 2. The molecular formula is C12H16N2O3. The minimum Gasteiger partial charge on any atom is -0.445 e. The predicted molar refractivity (Wildman–Crippen MR) is 63.0 cm³/mol. The van der Waals surface area contributed by atoms with Crippen LogP contribution >= 0.6 is 0 Å². The summed E-state index contributed by atoms with van der Waals surface area (Å²) in [5, 5.41) is 2.40. The van der Waals surface area contributed by atoms with Gasteiger partial charge >= 0.3 is 6.09 Å². The Labute approximate surface area is 99.9 Å². The molecule has 0 fully saturated rings.